The summed E-state index contributed by atoms with van der Waals surface area (Å²) in [5.41, 5.74) is 3.70. The molecule has 0 N–H and O–H groups in total. The number of fused-ring (bicyclic) bond motifs is 1. The summed E-state index contributed by atoms with van der Waals surface area (Å²) in [6.07, 6.45) is 1.98. The summed E-state index contributed by atoms with van der Waals surface area (Å²) in [5.74, 6) is -0.224. The molecule has 3 nitrogen and oxygen atoms in total. The zero-order chi connectivity index (χ0) is 15.5. The van der Waals surface area contributed by atoms with Crippen molar-refractivity contribution in [1.82, 2.24) is 0 Å². The molecular weight excluding hydrogens is 300 g/mol. The van der Waals surface area contributed by atoms with Gasteiger partial charge in [0.1, 0.15) is 5.58 Å². The van der Waals surface area contributed by atoms with Crippen LogP contribution in [0.25, 0.3) is 22.1 Å². The van der Waals surface area contributed by atoms with Gasteiger partial charge in [-0.2, -0.15) is 0 Å². The lowest BCUT2D eigenvalue weighted by molar-refractivity contribution is -0.142. The SMILES string of the molecule is CCOC(=O)Cc1ccc2occ(-c3ccc(Cl)cc3)c2c1. The van der Waals surface area contributed by atoms with Crippen LogP contribution in [0.1, 0.15) is 12.5 Å². The molecule has 0 fully saturated rings. The highest BCUT2D eigenvalue weighted by Gasteiger charge is 2.11. The van der Waals surface area contributed by atoms with E-state index in [1.54, 1.807) is 13.2 Å². The van der Waals surface area contributed by atoms with Crippen LogP contribution in [-0.4, -0.2) is 12.6 Å². The number of hydrogen-bond acceptors (Lipinski definition) is 3. The Labute approximate surface area is 133 Å². The standard InChI is InChI=1S/C18H15ClO3/c1-2-21-18(20)10-12-3-8-17-15(9-12)16(11-22-17)13-4-6-14(19)7-5-13/h3-9,11H,2,10H2,1H3. The van der Waals surface area contributed by atoms with Crippen molar-refractivity contribution in [1.29, 1.82) is 0 Å². The summed E-state index contributed by atoms with van der Waals surface area (Å²) in [5, 5.41) is 1.67. The lowest BCUT2D eigenvalue weighted by Gasteiger charge is -2.03. The summed E-state index contributed by atoms with van der Waals surface area (Å²) in [6, 6.07) is 13.3. The molecule has 1 aromatic heterocycles. The number of furan rings is 1. The minimum absolute atomic E-state index is 0.224. The molecule has 112 valence electrons. The van der Waals surface area contributed by atoms with Crippen molar-refractivity contribution in [2.24, 2.45) is 0 Å². The fourth-order valence-electron chi connectivity index (χ4n) is 2.42. The van der Waals surface area contributed by atoms with Crippen LogP contribution in [-0.2, 0) is 16.0 Å². The van der Waals surface area contributed by atoms with Crippen LogP contribution in [0.3, 0.4) is 0 Å². The Hall–Kier alpha value is -2.26. The van der Waals surface area contributed by atoms with E-state index in [0.717, 1.165) is 27.7 Å². The van der Waals surface area contributed by atoms with Gasteiger partial charge in [0, 0.05) is 16.0 Å². The number of halogens is 1. The van der Waals surface area contributed by atoms with Crippen molar-refractivity contribution in [3.05, 3.63) is 59.3 Å². The number of esters is 1. The van der Waals surface area contributed by atoms with Gasteiger partial charge in [0.15, 0.2) is 0 Å². The maximum absolute atomic E-state index is 11.6. The third-order valence-corrected chi connectivity index (χ3v) is 3.70. The van der Waals surface area contributed by atoms with E-state index in [4.69, 9.17) is 20.8 Å². The first kappa shape index (κ1) is 14.7. The van der Waals surface area contributed by atoms with Gasteiger partial charge in [0.05, 0.1) is 19.3 Å². The minimum Gasteiger partial charge on any atom is -0.466 e. The van der Waals surface area contributed by atoms with Crippen molar-refractivity contribution < 1.29 is 13.9 Å². The van der Waals surface area contributed by atoms with Crippen molar-refractivity contribution in [2.75, 3.05) is 6.61 Å². The second-order valence-electron chi connectivity index (χ2n) is 4.97. The molecule has 0 aliphatic heterocycles. The van der Waals surface area contributed by atoms with Gasteiger partial charge in [0.2, 0.25) is 0 Å². The molecule has 0 aliphatic rings. The Morgan fingerprint density at radius 3 is 2.68 bits per heavy atom. The third-order valence-electron chi connectivity index (χ3n) is 3.45. The minimum atomic E-state index is -0.224. The van der Waals surface area contributed by atoms with E-state index in [9.17, 15) is 4.79 Å². The number of benzene rings is 2. The molecule has 3 aromatic rings. The molecule has 3 rings (SSSR count). The predicted octanol–water partition coefficient (Wildman–Crippen LogP) is 4.86. The van der Waals surface area contributed by atoms with Crippen LogP contribution in [0.4, 0.5) is 0 Å². The Morgan fingerprint density at radius 2 is 1.95 bits per heavy atom. The maximum Gasteiger partial charge on any atom is 0.310 e. The molecule has 0 aliphatic carbocycles. The fourth-order valence-corrected chi connectivity index (χ4v) is 2.54. The summed E-state index contributed by atoms with van der Waals surface area (Å²) in [6.45, 7) is 2.19. The van der Waals surface area contributed by atoms with Crippen LogP contribution in [0.5, 0.6) is 0 Å². The number of carbonyl (C=O) groups is 1. The van der Waals surface area contributed by atoms with Gasteiger partial charge < -0.3 is 9.15 Å². The molecule has 0 unspecified atom stereocenters. The van der Waals surface area contributed by atoms with Crippen LogP contribution < -0.4 is 0 Å². The number of hydrogen-bond donors (Lipinski definition) is 0. The van der Waals surface area contributed by atoms with Crippen LogP contribution >= 0.6 is 11.6 Å². The highest BCUT2D eigenvalue weighted by Crippen LogP contribution is 2.32. The molecule has 0 saturated heterocycles. The topological polar surface area (TPSA) is 39.4 Å². The summed E-state index contributed by atoms with van der Waals surface area (Å²) in [4.78, 5) is 11.6. The first-order valence-electron chi connectivity index (χ1n) is 7.09. The lowest BCUT2D eigenvalue weighted by Crippen LogP contribution is -2.07. The van der Waals surface area contributed by atoms with Gasteiger partial charge in [0.25, 0.3) is 0 Å². The first-order valence-corrected chi connectivity index (χ1v) is 7.47. The Kier molecular flexibility index (Phi) is 4.16. The van der Waals surface area contributed by atoms with E-state index in [1.165, 1.54) is 0 Å². The van der Waals surface area contributed by atoms with Gasteiger partial charge in [-0.3, -0.25) is 4.79 Å². The molecule has 0 spiro atoms. The van der Waals surface area contributed by atoms with Gasteiger partial charge in [-0.1, -0.05) is 29.8 Å². The summed E-state index contributed by atoms with van der Waals surface area (Å²) >= 11 is 5.93. The molecule has 0 amide bonds. The Bertz CT molecular complexity index is 803. The molecule has 2 aromatic carbocycles. The molecule has 0 radical (unpaired) electrons. The van der Waals surface area contributed by atoms with Crippen molar-refractivity contribution >= 4 is 28.5 Å². The quantitative estimate of drug-likeness (QED) is 0.646. The van der Waals surface area contributed by atoms with Crippen molar-refractivity contribution in [2.45, 2.75) is 13.3 Å². The van der Waals surface area contributed by atoms with Gasteiger partial charge in [-0.15, -0.1) is 0 Å². The maximum atomic E-state index is 11.6. The predicted molar refractivity (Wildman–Crippen MR) is 87.0 cm³/mol. The summed E-state index contributed by atoms with van der Waals surface area (Å²) in [7, 11) is 0. The monoisotopic (exact) mass is 314 g/mol. The summed E-state index contributed by atoms with van der Waals surface area (Å²) < 4.78 is 10.6. The van der Waals surface area contributed by atoms with E-state index in [1.807, 2.05) is 42.5 Å². The van der Waals surface area contributed by atoms with Crippen LogP contribution in [0.2, 0.25) is 5.02 Å². The number of ether oxygens (including phenoxy) is 1. The smallest absolute Gasteiger partial charge is 0.310 e. The van der Waals surface area contributed by atoms with Crippen molar-refractivity contribution in [3.63, 3.8) is 0 Å². The van der Waals surface area contributed by atoms with E-state index in [2.05, 4.69) is 0 Å². The zero-order valence-corrected chi connectivity index (χ0v) is 12.9. The second kappa shape index (κ2) is 6.24. The molecule has 0 atom stereocenters. The third kappa shape index (κ3) is 3.00. The first-order chi connectivity index (χ1) is 10.7. The Balaban J connectivity index is 1.98. The fraction of sp³-hybridized carbons (Fsp3) is 0.167. The highest BCUT2D eigenvalue weighted by atomic mass is 35.5. The molecule has 0 saturated carbocycles. The highest BCUT2D eigenvalue weighted by molar-refractivity contribution is 6.30. The molecule has 22 heavy (non-hydrogen) atoms. The van der Waals surface area contributed by atoms with Gasteiger partial charge in [-0.05, 0) is 42.3 Å². The average Bonchev–Trinajstić information content (AvgIpc) is 2.91. The van der Waals surface area contributed by atoms with E-state index < -0.39 is 0 Å². The normalized spacial score (nSPS) is 10.8. The molecule has 0 bridgehead atoms. The lowest BCUT2D eigenvalue weighted by atomic mass is 10.0. The second-order valence-corrected chi connectivity index (χ2v) is 5.41. The van der Waals surface area contributed by atoms with Crippen molar-refractivity contribution in [3.8, 4) is 11.1 Å². The van der Waals surface area contributed by atoms with E-state index in [-0.39, 0.29) is 12.4 Å². The number of rotatable bonds is 4. The number of carbonyl (C=O) groups excluding carboxylic acids is 1. The van der Waals surface area contributed by atoms with Crippen LogP contribution in [0, 0.1) is 0 Å². The van der Waals surface area contributed by atoms with Gasteiger partial charge >= 0.3 is 5.97 Å². The molecular formula is C18H15ClO3. The average molecular weight is 315 g/mol. The molecule has 1 heterocycles. The molecule has 4 heteroatoms. The Morgan fingerprint density at radius 1 is 1.18 bits per heavy atom. The van der Waals surface area contributed by atoms with E-state index >= 15 is 0 Å². The largest absolute Gasteiger partial charge is 0.466 e. The zero-order valence-electron chi connectivity index (χ0n) is 12.1. The van der Waals surface area contributed by atoms with Gasteiger partial charge in [-0.25, -0.2) is 0 Å². The van der Waals surface area contributed by atoms with E-state index in [0.29, 0.717) is 11.6 Å². The van der Waals surface area contributed by atoms with Crippen LogP contribution in [0.15, 0.2) is 53.1 Å².